The van der Waals surface area contributed by atoms with Gasteiger partial charge in [0.2, 0.25) is 0 Å². The molecule has 3 nitrogen and oxygen atoms in total. The number of halogens is 1. The molecule has 1 rings (SSSR count). The molecule has 0 bridgehead atoms. The zero-order chi connectivity index (χ0) is 11.1. The van der Waals surface area contributed by atoms with Gasteiger partial charge in [-0.05, 0) is 24.2 Å². The number of benzene rings is 1. The van der Waals surface area contributed by atoms with Crippen molar-refractivity contribution in [2.24, 2.45) is 5.73 Å². The molecule has 1 unspecified atom stereocenters. The molecule has 90 valence electrons. The lowest BCUT2D eigenvalue weighted by atomic mass is 10.1. The van der Waals surface area contributed by atoms with E-state index >= 15 is 0 Å². The van der Waals surface area contributed by atoms with Crippen molar-refractivity contribution in [1.29, 1.82) is 0 Å². The Bertz CT molecular complexity index is 308. The number of hydrogen-bond acceptors (Lipinski definition) is 3. The number of ether oxygens (including phenoxy) is 1. The maximum atomic E-state index is 5.90. The largest absolute Gasteiger partial charge is 0.469 e. The average molecular weight is 261 g/mol. The fourth-order valence-electron chi connectivity index (χ4n) is 1.23. The van der Waals surface area contributed by atoms with Crippen molar-refractivity contribution in [1.82, 2.24) is 5.32 Å². The summed E-state index contributed by atoms with van der Waals surface area (Å²) in [4.78, 5) is 0. The van der Waals surface area contributed by atoms with Gasteiger partial charge in [-0.1, -0.05) is 30.3 Å². The summed E-state index contributed by atoms with van der Waals surface area (Å²) >= 11 is 4.85. The molecule has 0 aliphatic rings. The van der Waals surface area contributed by atoms with Gasteiger partial charge < -0.3 is 15.8 Å². The van der Waals surface area contributed by atoms with E-state index < -0.39 is 0 Å². The third-order valence-corrected chi connectivity index (χ3v) is 2.30. The second-order valence-electron chi connectivity index (χ2n) is 3.30. The Morgan fingerprint density at radius 1 is 1.44 bits per heavy atom. The normalized spacial score (nSPS) is 11.1. The van der Waals surface area contributed by atoms with Crippen molar-refractivity contribution >= 4 is 29.8 Å². The fourth-order valence-corrected chi connectivity index (χ4v) is 1.30. The number of nitrogens with one attached hydrogen (secondary N) is 1. The van der Waals surface area contributed by atoms with Crippen LogP contribution >= 0.6 is 24.6 Å². The molecule has 5 heteroatoms. The molecule has 0 aromatic heterocycles. The first-order chi connectivity index (χ1) is 7.22. The minimum absolute atomic E-state index is 0. The molecule has 1 atom stereocenters. The molecule has 0 amide bonds. The van der Waals surface area contributed by atoms with Gasteiger partial charge in [0.05, 0.1) is 0 Å². The van der Waals surface area contributed by atoms with Gasteiger partial charge in [-0.25, -0.2) is 0 Å². The molecular weight excluding hydrogens is 244 g/mol. The van der Waals surface area contributed by atoms with Crippen LogP contribution in [0.3, 0.4) is 0 Å². The maximum Gasteiger partial charge on any atom is 0.256 e. The van der Waals surface area contributed by atoms with E-state index in [4.69, 9.17) is 22.7 Å². The second kappa shape index (κ2) is 8.33. The predicted molar refractivity (Wildman–Crippen MR) is 73.0 cm³/mol. The monoisotopic (exact) mass is 260 g/mol. The minimum atomic E-state index is -0.0290. The molecule has 0 fully saturated rings. The van der Waals surface area contributed by atoms with Gasteiger partial charge in [0, 0.05) is 13.1 Å². The van der Waals surface area contributed by atoms with Crippen LogP contribution in [0.25, 0.3) is 0 Å². The smallest absolute Gasteiger partial charge is 0.256 e. The number of nitrogens with two attached hydrogens (primary N) is 1. The molecule has 16 heavy (non-hydrogen) atoms. The Hall–Kier alpha value is -0.840. The van der Waals surface area contributed by atoms with Gasteiger partial charge in [-0.2, -0.15) is 0 Å². The standard InChI is InChI=1S/C11H16N2OS.ClH/c1-13-11(15)14-8-10(12)7-9-5-3-2-4-6-9;/h2-6,10H,7-8,12H2,1H3,(H,13,15);1H. The van der Waals surface area contributed by atoms with Crippen LogP contribution in [0.5, 0.6) is 0 Å². The Balaban J connectivity index is 0.00000225. The zero-order valence-electron chi connectivity index (χ0n) is 9.18. The predicted octanol–water partition coefficient (Wildman–Crippen LogP) is 1.50. The van der Waals surface area contributed by atoms with Crippen molar-refractivity contribution in [2.75, 3.05) is 13.7 Å². The van der Waals surface area contributed by atoms with Crippen molar-refractivity contribution in [2.45, 2.75) is 12.5 Å². The van der Waals surface area contributed by atoms with Crippen LogP contribution in [0.2, 0.25) is 0 Å². The van der Waals surface area contributed by atoms with Crippen LogP contribution in [-0.2, 0) is 11.2 Å². The summed E-state index contributed by atoms with van der Waals surface area (Å²) in [7, 11) is 1.73. The van der Waals surface area contributed by atoms with Crippen LogP contribution in [-0.4, -0.2) is 24.9 Å². The lowest BCUT2D eigenvalue weighted by molar-refractivity contribution is 0.272. The minimum Gasteiger partial charge on any atom is -0.469 e. The van der Waals surface area contributed by atoms with E-state index in [0.29, 0.717) is 11.8 Å². The SMILES string of the molecule is CNC(=S)OCC(N)Cc1ccccc1.Cl. The first kappa shape index (κ1) is 15.2. The summed E-state index contributed by atoms with van der Waals surface area (Å²) < 4.78 is 5.22. The Kier molecular flexibility index (Phi) is 7.89. The number of thiocarbonyl (C=S) groups is 1. The molecule has 0 aliphatic carbocycles. The first-order valence-electron chi connectivity index (χ1n) is 4.86. The van der Waals surface area contributed by atoms with E-state index in [-0.39, 0.29) is 18.4 Å². The van der Waals surface area contributed by atoms with E-state index in [9.17, 15) is 0 Å². The van der Waals surface area contributed by atoms with E-state index in [2.05, 4.69) is 17.4 Å². The average Bonchev–Trinajstić information content (AvgIpc) is 2.27. The van der Waals surface area contributed by atoms with Crippen molar-refractivity contribution in [3.05, 3.63) is 35.9 Å². The topological polar surface area (TPSA) is 47.3 Å². The Labute approximate surface area is 108 Å². The van der Waals surface area contributed by atoms with Crippen molar-refractivity contribution in [3.8, 4) is 0 Å². The Morgan fingerprint density at radius 2 is 2.06 bits per heavy atom. The van der Waals surface area contributed by atoms with Crippen LogP contribution in [0.15, 0.2) is 30.3 Å². The summed E-state index contributed by atoms with van der Waals surface area (Å²) in [6.45, 7) is 0.439. The van der Waals surface area contributed by atoms with E-state index in [1.54, 1.807) is 7.05 Å². The molecule has 0 radical (unpaired) electrons. The van der Waals surface area contributed by atoms with Crippen LogP contribution < -0.4 is 11.1 Å². The lowest BCUT2D eigenvalue weighted by Crippen LogP contribution is -2.32. The third-order valence-electron chi connectivity index (χ3n) is 1.97. The van der Waals surface area contributed by atoms with Gasteiger partial charge in [-0.3, -0.25) is 0 Å². The summed E-state index contributed by atoms with van der Waals surface area (Å²) in [6, 6.07) is 10.1. The number of rotatable bonds is 4. The quantitative estimate of drug-likeness (QED) is 0.806. The van der Waals surface area contributed by atoms with Gasteiger partial charge in [0.25, 0.3) is 5.17 Å². The van der Waals surface area contributed by atoms with E-state index in [1.807, 2.05) is 18.2 Å². The molecule has 1 aromatic carbocycles. The molecule has 0 spiro atoms. The van der Waals surface area contributed by atoms with Gasteiger partial charge >= 0.3 is 0 Å². The highest BCUT2D eigenvalue weighted by atomic mass is 35.5. The second-order valence-corrected chi connectivity index (χ2v) is 3.67. The first-order valence-corrected chi connectivity index (χ1v) is 5.27. The molecule has 0 saturated heterocycles. The van der Waals surface area contributed by atoms with Gasteiger partial charge in [0.1, 0.15) is 6.61 Å². The van der Waals surface area contributed by atoms with E-state index in [0.717, 1.165) is 6.42 Å². The highest BCUT2D eigenvalue weighted by Gasteiger charge is 2.05. The third kappa shape index (κ3) is 5.90. The summed E-state index contributed by atoms with van der Waals surface area (Å²) in [5, 5.41) is 3.13. The lowest BCUT2D eigenvalue weighted by Gasteiger charge is -2.13. The molecule has 0 aliphatic heterocycles. The summed E-state index contributed by atoms with van der Waals surface area (Å²) in [5.74, 6) is 0. The van der Waals surface area contributed by atoms with Gasteiger partial charge in [0.15, 0.2) is 0 Å². The van der Waals surface area contributed by atoms with Crippen LogP contribution in [0.1, 0.15) is 5.56 Å². The number of hydrogen-bond donors (Lipinski definition) is 2. The molecule has 3 N–H and O–H groups in total. The maximum absolute atomic E-state index is 5.90. The molecule has 0 saturated carbocycles. The van der Waals surface area contributed by atoms with Crippen LogP contribution in [0.4, 0.5) is 0 Å². The van der Waals surface area contributed by atoms with E-state index in [1.165, 1.54) is 5.56 Å². The Morgan fingerprint density at radius 3 is 2.62 bits per heavy atom. The highest BCUT2D eigenvalue weighted by Crippen LogP contribution is 2.01. The van der Waals surface area contributed by atoms with Gasteiger partial charge in [-0.15, -0.1) is 12.4 Å². The summed E-state index contributed by atoms with van der Waals surface area (Å²) in [6.07, 6.45) is 0.799. The highest BCUT2D eigenvalue weighted by molar-refractivity contribution is 7.80. The van der Waals surface area contributed by atoms with Crippen molar-refractivity contribution < 1.29 is 4.74 Å². The fraction of sp³-hybridized carbons (Fsp3) is 0.364. The molecule has 1 aromatic rings. The van der Waals surface area contributed by atoms with Crippen LogP contribution in [0, 0.1) is 0 Å². The summed E-state index contributed by atoms with van der Waals surface area (Å²) in [5.41, 5.74) is 7.11. The molecular formula is C11H17ClN2OS. The zero-order valence-corrected chi connectivity index (χ0v) is 10.8. The van der Waals surface area contributed by atoms with Crippen molar-refractivity contribution in [3.63, 3.8) is 0 Å². The molecule has 0 heterocycles.